The third-order valence-corrected chi connectivity index (χ3v) is 4.62. The lowest BCUT2D eigenvalue weighted by molar-refractivity contribution is -0.274. The van der Waals surface area contributed by atoms with E-state index in [4.69, 9.17) is 5.73 Å². The molecule has 0 radical (unpaired) electrons. The predicted molar refractivity (Wildman–Crippen MR) is 108 cm³/mol. The quantitative estimate of drug-likeness (QED) is 0.423. The molecule has 2 aromatic rings. The molecule has 3 N–H and O–H groups in total. The van der Waals surface area contributed by atoms with Gasteiger partial charge < -0.3 is 20.7 Å². The Labute approximate surface area is 171 Å². The number of ether oxygens (including phenoxy) is 1. The van der Waals surface area contributed by atoms with Crippen LogP contribution in [0.25, 0.3) is 0 Å². The summed E-state index contributed by atoms with van der Waals surface area (Å²) in [5.74, 6) is -0.361. The van der Waals surface area contributed by atoms with Crippen molar-refractivity contribution in [2.75, 3.05) is 49.5 Å². The Hall–Kier alpha value is -3.01. The van der Waals surface area contributed by atoms with Gasteiger partial charge in [0.05, 0.1) is 6.54 Å². The Morgan fingerprint density at radius 2 is 1.63 bits per heavy atom. The number of aliphatic imine (C=N–C) groups is 1. The standard InChI is InChI=1S/C20H23F4N5O/c21-15-1-5-17(6-2-15)29-13-11-28(12-14-29)10-9-26-19(25)27-16-3-7-18(8-4-16)30-20(22,23)24/h1-8H,9-14H2,(H3,25,26,27). The second-order valence-corrected chi connectivity index (χ2v) is 6.77. The van der Waals surface area contributed by atoms with Crippen molar-refractivity contribution in [2.24, 2.45) is 10.7 Å². The summed E-state index contributed by atoms with van der Waals surface area (Å²) in [5, 5.41) is 2.84. The Kier molecular flexibility index (Phi) is 6.99. The monoisotopic (exact) mass is 425 g/mol. The molecule has 0 atom stereocenters. The number of alkyl halides is 3. The molecule has 0 aliphatic carbocycles. The van der Waals surface area contributed by atoms with Crippen LogP contribution < -0.4 is 20.7 Å². The van der Waals surface area contributed by atoms with Gasteiger partial charge in [-0.25, -0.2) is 4.39 Å². The van der Waals surface area contributed by atoms with Crippen molar-refractivity contribution in [1.82, 2.24) is 4.90 Å². The maximum atomic E-state index is 13.0. The Balaban J connectivity index is 1.39. The Morgan fingerprint density at radius 1 is 1.00 bits per heavy atom. The molecule has 0 unspecified atom stereocenters. The molecule has 0 saturated carbocycles. The fraction of sp³-hybridized carbons (Fsp3) is 0.350. The lowest BCUT2D eigenvalue weighted by Gasteiger charge is -2.35. The molecule has 1 aliphatic heterocycles. The highest BCUT2D eigenvalue weighted by Crippen LogP contribution is 2.23. The normalized spacial score (nSPS) is 15.9. The van der Waals surface area contributed by atoms with Crippen LogP contribution in [0.1, 0.15) is 0 Å². The molecule has 30 heavy (non-hydrogen) atoms. The molecule has 1 heterocycles. The molecular weight excluding hydrogens is 402 g/mol. The van der Waals surface area contributed by atoms with E-state index in [9.17, 15) is 17.6 Å². The first-order valence-corrected chi connectivity index (χ1v) is 9.44. The van der Waals surface area contributed by atoms with Crippen molar-refractivity contribution in [3.8, 4) is 5.75 Å². The van der Waals surface area contributed by atoms with Gasteiger partial charge in [-0.1, -0.05) is 0 Å². The van der Waals surface area contributed by atoms with Crippen LogP contribution in [0.3, 0.4) is 0 Å². The highest BCUT2D eigenvalue weighted by Gasteiger charge is 2.30. The van der Waals surface area contributed by atoms with E-state index in [1.54, 1.807) is 12.1 Å². The van der Waals surface area contributed by atoms with Crippen molar-refractivity contribution in [3.05, 3.63) is 54.3 Å². The van der Waals surface area contributed by atoms with Gasteiger partial charge in [-0.05, 0) is 48.5 Å². The SMILES string of the molecule is NC(=NCCN1CCN(c2ccc(F)cc2)CC1)Nc1ccc(OC(F)(F)F)cc1. The highest BCUT2D eigenvalue weighted by molar-refractivity contribution is 5.92. The second kappa shape index (κ2) is 9.66. The van der Waals surface area contributed by atoms with Crippen molar-refractivity contribution in [2.45, 2.75) is 6.36 Å². The van der Waals surface area contributed by atoms with E-state index in [0.717, 1.165) is 38.4 Å². The van der Waals surface area contributed by atoms with E-state index in [0.29, 0.717) is 12.2 Å². The molecule has 0 bridgehead atoms. The summed E-state index contributed by atoms with van der Waals surface area (Å²) in [6.45, 7) is 4.63. The molecule has 0 spiro atoms. The van der Waals surface area contributed by atoms with Crippen LogP contribution in [0.2, 0.25) is 0 Å². The molecule has 6 nitrogen and oxygen atoms in total. The lowest BCUT2D eigenvalue weighted by Crippen LogP contribution is -2.47. The minimum absolute atomic E-state index is 0.185. The van der Waals surface area contributed by atoms with Gasteiger partial charge in [0.25, 0.3) is 0 Å². The molecule has 162 valence electrons. The van der Waals surface area contributed by atoms with E-state index >= 15 is 0 Å². The highest BCUT2D eigenvalue weighted by atomic mass is 19.4. The zero-order valence-electron chi connectivity index (χ0n) is 16.2. The zero-order chi connectivity index (χ0) is 21.6. The van der Waals surface area contributed by atoms with Crippen LogP contribution in [-0.2, 0) is 0 Å². The summed E-state index contributed by atoms with van der Waals surface area (Å²) in [4.78, 5) is 8.73. The molecule has 0 aromatic heterocycles. The number of guanidine groups is 1. The number of benzene rings is 2. The van der Waals surface area contributed by atoms with Crippen molar-refractivity contribution in [3.63, 3.8) is 0 Å². The van der Waals surface area contributed by atoms with E-state index in [2.05, 4.69) is 24.8 Å². The first kappa shape index (κ1) is 21.7. The number of rotatable bonds is 6. The first-order chi connectivity index (χ1) is 14.3. The molecule has 1 saturated heterocycles. The number of halogens is 4. The van der Waals surface area contributed by atoms with Gasteiger partial charge in [0.15, 0.2) is 5.96 Å². The summed E-state index contributed by atoms with van der Waals surface area (Å²) in [6, 6.07) is 11.7. The number of anilines is 2. The number of hydrogen-bond acceptors (Lipinski definition) is 4. The third kappa shape index (κ3) is 6.80. The van der Waals surface area contributed by atoms with Gasteiger partial charge in [0, 0.05) is 44.1 Å². The maximum absolute atomic E-state index is 13.0. The molecule has 3 rings (SSSR count). The fourth-order valence-corrected chi connectivity index (χ4v) is 3.12. The molecule has 2 aromatic carbocycles. The topological polar surface area (TPSA) is 66.1 Å². The first-order valence-electron chi connectivity index (χ1n) is 9.44. The Bertz CT molecular complexity index is 832. The fourth-order valence-electron chi connectivity index (χ4n) is 3.12. The van der Waals surface area contributed by atoms with Gasteiger partial charge in [-0.15, -0.1) is 13.2 Å². The average molecular weight is 425 g/mol. The molecule has 0 amide bonds. The van der Waals surface area contributed by atoms with Crippen LogP contribution in [0.4, 0.5) is 28.9 Å². The molecular formula is C20H23F4N5O. The largest absolute Gasteiger partial charge is 0.573 e. The number of hydrogen-bond donors (Lipinski definition) is 2. The van der Waals surface area contributed by atoms with Crippen molar-refractivity contribution in [1.29, 1.82) is 0 Å². The van der Waals surface area contributed by atoms with Gasteiger partial charge in [-0.3, -0.25) is 9.89 Å². The van der Waals surface area contributed by atoms with Crippen molar-refractivity contribution < 1.29 is 22.3 Å². The van der Waals surface area contributed by atoms with E-state index in [-0.39, 0.29) is 17.5 Å². The zero-order valence-corrected chi connectivity index (χ0v) is 16.2. The van der Waals surface area contributed by atoms with Gasteiger partial charge in [-0.2, -0.15) is 0 Å². The van der Waals surface area contributed by atoms with Gasteiger partial charge in [0.2, 0.25) is 0 Å². The third-order valence-electron chi connectivity index (χ3n) is 4.62. The molecule has 10 heteroatoms. The minimum atomic E-state index is -4.72. The average Bonchev–Trinajstić information content (AvgIpc) is 2.70. The summed E-state index contributed by atoms with van der Waals surface area (Å²) in [7, 11) is 0. The number of nitrogens with one attached hydrogen (secondary N) is 1. The van der Waals surface area contributed by atoms with Crippen LogP contribution in [0.5, 0.6) is 5.75 Å². The van der Waals surface area contributed by atoms with Crippen LogP contribution in [-0.4, -0.2) is 56.5 Å². The summed E-state index contributed by atoms with van der Waals surface area (Å²) >= 11 is 0. The van der Waals surface area contributed by atoms with Crippen molar-refractivity contribution >= 4 is 17.3 Å². The van der Waals surface area contributed by atoms with E-state index in [1.165, 1.54) is 36.4 Å². The van der Waals surface area contributed by atoms with E-state index < -0.39 is 6.36 Å². The predicted octanol–water partition coefficient (Wildman–Crippen LogP) is 3.27. The van der Waals surface area contributed by atoms with Gasteiger partial charge in [0.1, 0.15) is 11.6 Å². The van der Waals surface area contributed by atoms with E-state index in [1.807, 2.05) is 0 Å². The molecule has 1 fully saturated rings. The minimum Gasteiger partial charge on any atom is -0.406 e. The summed E-state index contributed by atoms with van der Waals surface area (Å²) in [5.41, 5.74) is 7.36. The summed E-state index contributed by atoms with van der Waals surface area (Å²) in [6.07, 6.45) is -4.72. The number of piperazine rings is 1. The summed E-state index contributed by atoms with van der Waals surface area (Å²) < 4.78 is 53.4. The van der Waals surface area contributed by atoms with Crippen LogP contribution >= 0.6 is 0 Å². The maximum Gasteiger partial charge on any atom is 0.573 e. The molecule has 1 aliphatic rings. The lowest BCUT2D eigenvalue weighted by atomic mass is 10.2. The number of nitrogens with two attached hydrogens (primary N) is 1. The van der Waals surface area contributed by atoms with Crippen LogP contribution in [0, 0.1) is 5.82 Å². The second-order valence-electron chi connectivity index (χ2n) is 6.77. The number of nitrogens with zero attached hydrogens (tertiary/aromatic N) is 3. The Morgan fingerprint density at radius 3 is 2.23 bits per heavy atom. The van der Waals surface area contributed by atoms with Crippen LogP contribution in [0.15, 0.2) is 53.5 Å². The van der Waals surface area contributed by atoms with Gasteiger partial charge >= 0.3 is 6.36 Å². The smallest absolute Gasteiger partial charge is 0.406 e.